The van der Waals surface area contributed by atoms with Gasteiger partial charge in [-0.25, -0.2) is 0 Å². The first-order valence-corrected chi connectivity index (χ1v) is 3.96. The monoisotopic (exact) mass is 190 g/mol. The average molecular weight is 190 g/mol. The summed E-state index contributed by atoms with van der Waals surface area (Å²) in [6, 6.07) is 0. The van der Waals surface area contributed by atoms with E-state index in [1.54, 1.807) is 6.92 Å². The number of hydrogen-bond acceptors (Lipinski definition) is 5. The number of aldehydes is 2. The molecule has 3 atom stereocenters. The second kappa shape index (κ2) is 6.71. The Kier molecular flexibility index (Phi) is 6.30. The van der Waals surface area contributed by atoms with Crippen molar-refractivity contribution in [3.8, 4) is 0 Å². The molecule has 0 spiro atoms. The molecular formula is C8H14O5. The maximum absolute atomic E-state index is 10.3. The molecule has 0 saturated heterocycles. The van der Waals surface area contributed by atoms with Gasteiger partial charge in [-0.1, -0.05) is 6.92 Å². The Morgan fingerprint density at radius 1 is 1.38 bits per heavy atom. The van der Waals surface area contributed by atoms with Gasteiger partial charge >= 0.3 is 0 Å². The van der Waals surface area contributed by atoms with Gasteiger partial charge in [0.05, 0.1) is 0 Å². The minimum absolute atomic E-state index is 0.297. The van der Waals surface area contributed by atoms with E-state index >= 15 is 0 Å². The number of methoxy groups -OCH3 is 1. The molecule has 13 heavy (non-hydrogen) atoms. The van der Waals surface area contributed by atoms with Crippen LogP contribution in [0.1, 0.15) is 13.3 Å². The van der Waals surface area contributed by atoms with Crippen LogP contribution in [0.4, 0.5) is 0 Å². The van der Waals surface area contributed by atoms with Gasteiger partial charge < -0.3 is 24.2 Å². The predicted molar refractivity (Wildman–Crippen MR) is 44.1 cm³/mol. The molecule has 0 radical (unpaired) electrons. The summed E-state index contributed by atoms with van der Waals surface area (Å²) in [6.45, 7) is 1.75. The molecule has 0 aliphatic heterocycles. The van der Waals surface area contributed by atoms with E-state index in [2.05, 4.69) is 4.74 Å². The molecule has 0 saturated carbocycles. The molecule has 0 rings (SSSR count). The highest BCUT2D eigenvalue weighted by Gasteiger charge is 2.21. The van der Waals surface area contributed by atoms with Crippen LogP contribution in [0.5, 0.6) is 0 Å². The summed E-state index contributed by atoms with van der Waals surface area (Å²) < 4.78 is 9.65. The quantitative estimate of drug-likeness (QED) is 0.433. The van der Waals surface area contributed by atoms with Gasteiger partial charge in [-0.2, -0.15) is 0 Å². The molecule has 5 heteroatoms. The fraction of sp³-hybridized carbons (Fsp3) is 0.750. The maximum Gasteiger partial charge on any atom is 0.190 e. The Morgan fingerprint density at radius 2 is 2.00 bits per heavy atom. The molecular weight excluding hydrogens is 176 g/mol. The highest BCUT2D eigenvalue weighted by molar-refractivity contribution is 5.57. The predicted octanol–water partition coefficient (Wildman–Crippen LogP) is -0.487. The number of carbonyl (C=O) groups is 2. The number of hydrogen-bond donors (Lipinski definition) is 1. The molecule has 0 aromatic rings. The van der Waals surface area contributed by atoms with Gasteiger partial charge in [-0.05, 0) is 6.42 Å². The molecule has 0 amide bonds. The molecule has 0 bridgehead atoms. The van der Waals surface area contributed by atoms with Crippen LogP contribution in [0.2, 0.25) is 0 Å². The number of aliphatic hydroxyl groups excluding tert-OH is 1. The van der Waals surface area contributed by atoms with E-state index in [0.29, 0.717) is 19.0 Å². The molecule has 5 nitrogen and oxygen atoms in total. The van der Waals surface area contributed by atoms with E-state index in [1.165, 1.54) is 7.11 Å². The lowest BCUT2D eigenvalue weighted by atomic mass is 10.3. The zero-order chi connectivity index (χ0) is 10.3. The van der Waals surface area contributed by atoms with Gasteiger partial charge in [0, 0.05) is 7.11 Å². The van der Waals surface area contributed by atoms with Crippen molar-refractivity contribution >= 4 is 12.6 Å². The van der Waals surface area contributed by atoms with Crippen molar-refractivity contribution in [1.29, 1.82) is 0 Å². The lowest BCUT2D eigenvalue weighted by molar-refractivity contribution is -0.196. The summed E-state index contributed by atoms with van der Waals surface area (Å²) in [7, 11) is 1.29. The fourth-order valence-electron chi connectivity index (χ4n) is 0.736. The lowest BCUT2D eigenvalue weighted by Crippen LogP contribution is -2.35. The first kappa shape index (κ1) is 12.2. The maximum atomic E-state index is 10.3. The van der Waals surface area contributed by atoms with Gasteiger partial charge in [0.1, 0.15) is 12.4 Å². The van der Waals surface area contributed by atoms with Crippen molar-refractivity contribution in [2.24, 2.45) is 0 Å². The summed E-state index contributed by atoms with van der Waals surface area (Å²) in [4.78, 5) is 20.5. The van der Waals surface area contributed by atoms with Crippen molar-refractivity contribution in [2.75, 3.05) is 7.11 Å². The van der Waals surface area contributed by atoms with Gasteiger partial charge in [0.2, 0.25) is 0 Å². The minimum Gasteiger partial charge on any atom is -0.380 e. The number of carbonyl (C=O) groups excluding carboxylic acids is 2. The highest BCUT2D eigenvalue weighted by Crippen LogP contribution is 2.04. The van der Waals surface area contributed by atoms with Crippen molar-refractivity contribution in [2.45, 2.75) is 31.8 Å². The summed E-state index contributed by atoms with van der Waals surface area (Å²) in [5.74, 6) is 0. The molecule has 2 unspecified atom stereocenters. The zero-order valence-corrected chi connectivity index (χ0v) is 7.67. The second-order valence-electron chi connectivity index (χ2n) is 2.45. The summed E-state index contributed by atoms with van der Waals surface area (Å²) in [5, 5.41) is 9.02. The van der Waals surface area contributed by atoms with Crippen LogP contribution >= 0.6 is 0 Å². The second-order valence-corrected chi connectivity index (χ2v) is 2.45. The molecule has 0 aliphatic rings. The standard InChI is InChI=1S/C8H14O5/c1-3-6(4-9)13-8(12-2)7(11)5-10/h4-8,11H,3H2,1-2H3/t6?,7-,8?/m0/s1. The number of rotatable bonds is 7. The van der Waals surface area contributed by atoms with Gasteiger partial charge in [0.15, 0.2) is 18.7 Å². The van der Waals surface area contributed by atoms with Crippen LogP contribution in [-0.4, -0.2) is 43.3 Å². The van der Waals surface area contributed by atoms with E-state index in [0.717, 1.165) is 0 Å². The van der Waals surface area contributed by atoms with Crippen molar-refractivity contribution in [3.63, 3.8) is 0 Å². The number of aliphatic hydroxyl groups is 1. The molecule has 76 valence electrons. The van der Waals surface area contributed by atoms with Crippen molar-refractivity contribution < 1.29 is 24.2 Å². The largest absolute Gasteiger partial charge is 0.380 e. The van der Waals surface area contributed by atoms with Gasteiger partial charge in [-0.15, -0.1) is 0 Å². The average Bonchev–Trinajstić information content (AvgIpc) is 2.19. The van der Waals surface area contributed by atoms with Crippen LogP contribution in [0, 0.1) is 0 Å². The Morgan fingerprint density at radius 3 is 2.31 bits per heavy atom. The number of ether oxygens (including phenoxy) is 2. The Labute approximate surface area is 76.6 Å². The molecule has 0 aromatic heterocycles. The third-order valence-corrected chi connectivity index (χ3v) is 1.51. The first-order chi connectivity index (χ1) is 6.19. The molecule has 0 aromatic carbocycles. The molecule has 1 N–H and O–H groups in total. The van der Waals surface area contributed by atoms with E-state index in [1.807, 2.05) is 0 Å². The van der Waals surface area contributed by atoms with E-state index in [9.17, 15) is 9.59 Å². The SMILES string of the molecule is CCC(C=O)OC(OC)[C@@H](O)C=O. The Balaban J connectivity index is 4.09. The summed E-state index contributed by atoms with van der Waals surface area (Å²) >= 11 is 0. The normalized spacial score (nSPS) is 17.5. The third-order valence-electron chi connectivity index (χ3n) is 1.51. The third kappa shape index (κ3) is 4.12. The molecule has 0 fully saturated rings. The Hall–Kier alpha value is -0.780. The van der Waals surface area contributed by atoms with Crippen molar-refractivity contribution in [3.05, 3.63) is 0 Å². The van der Waals surface area contributed by atoms with Crippen LogP contribution in [0.25, 0.3) is 0 Å². The molecule has 0 aliphatic carbocycles. The zero-order valence-electron chi connectivity index (χ0n) is 7.67. The summed E-state index contributed by atoms with van der Waals surface area (Å²) in [5.41, 5.74) is 0. The van der Waals surface area contributed by atoms with E-state index in [4.69, 9.17) is 9.84 Å². The van der Waals surface area contributed by atoms with Crippen LogP contribution in [0.15, 0.2) is 0 Å². The van der Waals surface area contributed by atoms with E-state index < -0.39 is 18.5 Å². The summed E-state index contributed by atoms with van der Waals surface area (Å²) in [6.07, 6.45) is -1.73. The van der Waals surface area contributed by atoms with Crippen molar-refractivity contribution in [1.82, 2.24) is 0 Å². The van der Waals surface area contributed by atoms with Gasteiger partial charge in [-0.3, -0.25) is 0 Å². The fourth-order valence-corrected chi connectivity index (χ4v) is 0.736. The highest BCUT2D eigenvalue weighted by atomic mass is 16.7. The lowest BCUT2D eigenvalue weighted by Gasteiger charge is -2.20. The minimum atomic E-state index is -1.36. The van der Waals surface area contributed by atoms with Crippen LogP contribution in [0.3, 0.4) is 0 Å². The molecule has 0 heterocycles. The van der Waals surface area contributed by atoms with Crippen LogP contribution < -0.4 is 0 Å². The van der Waals surface area contributed by atoms with Gasteiger partial charge in [0.25, 0.3) is 0 Å². The van der Waals surface area contributed by atoms with Crippen LogP contribution in [-0.2, 0) is 19.1 Å². The smallest absolute Gasteiger partial charge is 0.190 e. The topological polar surface area (TPSA) is 72.8 Å². The Bertz CT molecular complexity index is 159. The first-order valence-electron chi connectivity index (χ1n) is 3.96. The van der Waals surface area contributed by atoms with E-state index in [-0.39, 0.29) is 0 Å².